The standard InChI is InChI=1S/C10H8N2O2S/c11-9(13)6-2-3-7-5(6)1-4-8(14-7)10(12)15/h1-4H,(H2,11,13)(H2,12,15). The smallest absolute Gasteiger partial charge is 0.249 e. The first kappa shape index (κ1) is 9.67. The number of hydrogen-bond acceptors (Lipinski definition) is 3. The van der Waals surface area contributed by atoms with Gasteiger partial charge in [-0.05, 0) is 24.3 Å². The van der Waals surface area contributed by atoms with Gasteiger partial charge in [-0.15, -0.1) is 0 Å². The predicted octanol–water partition coefficient (Wildman–Crippen LogP) is 1.12. The average Bonchev–Trinajstić information content (AvgIpc) is 2.59. The van der Waals surface area contributed by atoms with Crippen molar-refractivity contribution >= 4 is 23.1 Å². The Balaban J connectivity index is 2.60. The molecule has 0 aromatic carbocycles. The van der Waals surface area contributed by atoms with E-state index < -0.39 is 5.91 Å². The summed E-state index contributed by atoms with van der Waals surface area (Å²) >= 11 is 4.78. The van der Waals surface area contributed by atoms with Crippen LogP contribution in [0.15, 0.2) is 28.7 Å². The summed E-state index contributed by atoms with van der Waals surface area (Å²) in [6, 6.07) is 6.61. The number of rotatable bonds is 2. The summed E-state index contributed by atoms with van der Waals surface area (Å²) in [6.07, 6.45) is 0. The number of fused-ring (bicyclic) bond motifs is 1. The van der Waals surface area contributed by atoms with E-state index in [1.165, 1.54) is 0 Å². The van der Waals surface area contributed by atoms with E-state index in [1.807, 2.05) is 0 Å². The first-order valence-corrected chi connectivity index (χ1v) is 4.62. The summed E-state index contributed by atoms with van der Waals surface area (Å²) in [7, 11) is 0. The molecule has 0 atom stereocenters. The van der Waals surface area contributed by atoms with Gasteiger partial charge in [0.2, 0.25) is 5.91 Å². The van der Waals surface area contributed by atoms with Crippen LogP contribution in [0.2, 0.25) is 0 Å². The maximum atomic E-state index is 11.0. The number of carbonyl (C=O) groups is 1. The molecule has 0 aromatic heterocycles. The van der Waals surface area contributed by atoms with Crippen molar-refractivity contribution in [3.05, 3.63) is 35.6 Å². The molecule has 4 N–H and O–H groups in total. The van der Waals surface area contributed by atoms with Crippen LogP contribution in [0.5, 0.6) is 0 Å². The van der Waals surface area contributed by atoms with Crippen molar-refractivity contribution in [2.75, 3.05) is 0 Å². The molecule has 0 aromatic rings. The van der Waals surface area contributed by atoms with E-state index in [1.54, 1.807) is 24.3 Å². The molecule has 0 radical (unpaired) electrons. The summed E-state index contributed by atoms with van der Waals surface area (Å²) in [5.41, 5.74) is 11.7. The van der Waals surface area contributed by atoms with E-state index in [2.05, 4.69) is 0 Å². The Kier molecular flexibility index (Phi) is 2.17. The lowest BCUT2D eigenvalue weighted by atomic mass is 10.1. The zero-order chi connectivity index (χ0) is 11.0. The van der Waals surface area contributed by atoms with Crippen LogP contribution in [-0.4, -0.2) is 10.9 Å². The molecule has 76 valence electrons. The molecule has 0 spiro atoms. The van der Waals surface area contributed by atoms with Crippen molar-refractivity contribution in [2.24, 2.45) is 11.5 Å². The van der Waals surface area contributed by atoms with Crippen LogP contribution in [0.1, 0.15) is 16.1 Å². The predicted molar refractivity (Wildman–Crippen MR) is 59.7 cm³/mol. The summed E-state index contributed by atoms with van der Waals surface area (Å²) in [5, 5.41) is 0. The molecule has 1 aliphatic heterocycles. The number of amides is 1. The number of carbonyl (C=O) groups excluding carboxylic acids is 1. The lowest BCUT2D eigenvalue weighted by Gasteiger charge is -2.03. The molecule has 1 amide bonds. The van der Waals surface area contributed by atoms with Crippen molar-refractivity contribution in [1.82, 2.24) is 0 Å². The number of nitrogens with two attached hydrogens (primary N) is 2. The Morgan fingerprint density at radius 3 is 2.53 bits per heavy atom. The van der Waals surface area contributed by atoms with E-state index >= 15 is 0 Å². The summed E-state index contributed by atoms with van der Waals surface area (Å²) in [6.45, 7) is 0. The van der Waals surface area contributed by atoms with Crippen LogP contribution in [0.3, 0.4) is 0 Å². The van der Waals surface area contributed by atoms with E-state index in [0.717, 1.165) is 0 Å². The van der Waals surface area contributed by atoms with Gasteiger partial charge in [0, 0.05) is 5.56 Å². The van der Waals surface area contributed by atoms with Crippen molar-refractivity contribution in [3.8, 4) is 11.3 Å². The quantitative estimate of drug-likeness (QED) is 0.743. The minimum absolute atomic E-state index is 0.179. The molecule has 2 rings (SSSR count). The fraction of sp³-hybridized carbons (Fsp3) is 0. The molecule has 0 fully saturated rings. The molecular weight excluding hydrogens is 212 g/mol. The van der Waals surface area contributed by atoms with E-state index in [4.69, 9.17) is 28.1 Å². The second kappa shape index (κ2) is 3.36. The number of primary amides is 1. The highest BCUT2D eigenvalue weighted by atomic mass is 32.1. The fourth-order valence-corrected chi connectivity index (χ4v) is 1.50. The topological polar surface area (TPSA) is 82.2 Å². The van der Waals surface area contributed by atoms with Crippen LogP contribution >= 0.6 is 12.2 Å². The molecule has 0 bridgehead atoms. The molecule has 0 saturated carbocycles. The zero-order valence-electron chi connectivity index (χ0n) is 7.69. The van der Waals surface area contributed by atoms with Crippen molar-refractivity contribution in [2.45, 2.75) is 0 Å². The average molecular weight is 220 g/mol. The van der Waals surface area contributed by atoms with Crippen LogP contribution in [0.25, 0.3) is 11.3 Å². The lowest BCUT2D eigenvalue weighted by molar-refractivity contribution is 0.100. The minimum atomic E-state index is -0.483. The SMILES string of the molecule is NC(=O)c1ccc2oc(C(N)=S)ccc1-2. The van der Waals surface area contributed by atoms with Gasteiger partial charge in [0.25, 0.3) is 0 Å². The van der Waals surface area contributed by atoms with Gasteiger partial charge in [-0.1, -0.05) is 12.2 Å². The molecular formula is C10H8N2O2S. The maximum absolute atomic E-state index is 11.0. The first-order valence-electron chi connectivity index (χ1n) is 4.22. The molecule has 15 heavy (non-hydrogen) atoms. The Bertz CT molecular complexity index is 518. The van der Waals surface area contributed by atoms with Gasteiger partial charge in [0.05, 0.1) is 5.56 Å². The number of thiocarbonyl (C=S) groups is 1. The van der Waals surface area contributed by atoms with Gasteiger partial charge >= 0.3 is 0 Å². The minimum Gasteiger partial charge on any atom is -0.454 e. The monoisotopic (exact) mass is 220 g/mol. The van der Waals surface area contributed by atoms with Crippen molar-refractivity contribution in [3.63, 3.8) is 0 Å². The van der Waals surface area contributed by atoms with E-state index in [9.17, 15) is 4.79 Å². The normalized spacial score (nSPS) is 10.4. The zero-order valence-corrected chi connectivity index (χ0v) is 8.51. The van der Waals surface area contributed by atoms with Crippen molar-refractivity contribution in [1.29, 1.82) is 0 Å². The molecule has 0 unspecified atom stereocenters. The van der Waals surface area contributed by atoms with Gasteiger partial charge in [-0.25, -0.2) is 0 Å². The van der Waals surface area contributed by atoms with Gasteiger partial charge in [0.15, 0.2) is 5.76 Å². The van der Waals surface area contributed by atoms with Gasteiger partial charge in [0.1, 0.15) is 10.7 Å². The van der Waals surface area contributed by atoms with Gasteiger partial charge in [-0.3, -0.25) is 4.79 Å². The Labute approximate surface area is 91.2 Å². The fourth-order valence-electron chi connectivity index (χ4n) is 1.39. The first-order chi connectivity index (χ1) is 7.09. The van der Waals surface area contributed by atoms with Crippen LogP contribution < -0.4 is 11.5 Å². The van der Waals surface area contributed by atoms with Crippen LogP contribution in [-0.2, 0) is 0 Å². The third-order valence-corrected chi connectivity index (χ3v) is 2.29. The Hall–Kier alpha value is -1.88. The lowest BCUT2D eigenvalue weighted by Crippen LogP contribution is -2.11. The summed E-state index contributed by atoms with van der Waals surface area (Å²) in [5.74, 6) is 0.483. The highest BCUT2D eigenvalue weighted by Gasteiger charge is 2.16. The molecule has 1 heterocycles. The summed E-state index contributed by atoms with van der Waals surface area (Å²) in [4.78, 5) is 11.2. The van der Waals surface area contributed by atoms with E-state index in [-0.39, 0.29) is 4.99 Å². The Morgan fingerprint density at radius 2 is 1.93 bits per heavy atom. The third kappa shape index (κ3) is 1.57. The highest BCUT2D eigenvalue weighted by Crippen LogP contribution is 2.28. The molecule has 2 aliphatic rings. The second-order valence-corrected chi connectivity index (χ2v) is 3.49. The van der Waals surface area contributed by atoms with Crippen LogP contribution in [0.4, 0.5) is 0 Å². The molecule has 5 heteroatoms. The molecule has 0 saturated heterocycles. The Morgan fingerprint density at radius 1 is 1.20 bits per heavy atom. The second-order valence-electron chi connectivity index (χ2n) is 3.05. The molecule has 1 aliphatic carbocycles. The number of hydrogen-bond donors (Lipinski definition) is 2. The maximum Gasteiger partial charge on any atom is 0.249 e. The largest absolute Gasteiger partial charge is 0.454 e. The van der Waals surface area contributed by atoms with Gasteiger partial charge in [-0.2, -0.15) is 0 Å². The van der Waals surface area contributed by atoms with Gasteiger partial charge < -0.3 is 15.9 Å². The third-order valence-electron chi connectivity index (χ3n) is 2.09. The highest BCUT2D eigenvalue weighted by molar-refractivity contribution is 7.80. The van der Waals surface area contributed by atoms with Crippen molar-refractivity contribution < 1.29 is 9.21 Å². The van der Waals surface area contributed by atoms with E-state index in [0.29, 0.717) is 22.6 Å². The summed E-state index contributed by atoms with van der Waals surface area (Å²) < 4.78 is 5.38. The van der Waals surface area contributed by atoms with Crippen LogP contribution in [0, 0.1) is 0 Å². The molecule has 4 nitrogen and oxygen atoms in total.